The zero-order chi connectivity index (χ0) is 18.7. The van der Waals surface area contributed by atoms with Gasteiger partial charge in [-0.05, 0) is 47.4 Å². The highest BCUT2D eigenvalue weighted by atomic mass is 16.5. The first kappa shape index (κ1) is 17.7. The Bertz CT molecular complexity index is 920. The first-order valence-electron chi connectivity index (χ1n) is 8.41. The van der Waals surface area contributed by atoms with Gasteiger partial charge in [-0.25, -0.2) is 4.79 Å². The second-order valence-corrected chi connectivity index (χ2v) is 7.07. The molecule has 0 radical (unpaired) electrons. The van der Waals surface area contributed by atoms with Gasteiger partial charge in [0, 0.05) is 5.56 Å². The Labute approximate surface area is 152 Å². The third-order valence-electron chi connectivity index (χ3n) is 4.09. The summed E-state index contributed by atoms with van der Waals surface area (Å²) in [5.74, 6) is 0.309. The molecule has 0 saturated carbocycles. The summed E-state index contributed by atoms with van der Waals surface area (Å²) >= 11 is 0. The molecule has 0 saturated heterocycles. The Morgan fingerprint density at radius 2 is 1.73 bits per heavy atom. The number of ether oxygens (including phenoxy) is 1. The summed E-state index contributed by atoms with van der Waals surface area (Å²) in [6, 6.07) is 17.8. The molecule has 0 unspecified atom stereocenters. The van der Waals surface area contributed by atoms with Crippen molar-refractivity contribution in [3.05, 3.63) is 89.4 Å². The van der Waals surface area contributed by atoms with Crippen LogP contribution >= 0.6 is 0 Å². The van der Waals surface area contributed by atoms with Crippen molar-refractivity contribution in [2.24, 2.45) is 0 Å². The van der Waals surface area contributed by atoms with E-state index in [-0.39, 0.29) is 11.1 Å². The summed E-state index contributed by atoms with van der Waals surface area (Å²) in [7, 11) is 0. The van der Waals surface area contributed by atoms with Crippen LogP contribution < -0.4 is 4.74 Å². The van der Waals surface area contributed by atoms with Crippen LogP contribution in [0, 0.1) is 5.41 Å². The van der Waals surface area contributed by atoms with Gasteiger partial charge >= 0.3 is 5.97 Å². The Balaban J connectivity index is 2.01. The molecule has 0 amide bonds. The number of carbonyl (C=O) groups is 1. The largest absolute Gasteiger partial charge is 0.463 e. The summed E-state index contributed by atoms with van der Waals surface area (Å²) in [6.07, 6.45) is 1.52. The number of hydrogen-bond donors (Lipinski definition) is 1. The zero-order valence-electron chi connectivity index (χ0n) is 15.1. The highest BCUT2D eigenvalue weighted by Crippen LogP contribution is 2.30. The fraction of sp³-hybridized carbons (Fsp3) is 0.182. The van der Waals surface area contributed by atoms with E-state index in [1.165, 1.54) is 6.26 Å². The van der Waals surface area contributed by atoms with Gasteiger partial charge in [0.1, 0.15) is 11.5 Å². The van der Waals surface area contributed by atoms with Gasteiger partial charge in [-0.2, -0.15) is 0 Å². The predicted molar refractivity (Wildman–Crippen MR) is 101 cm³/mol. The van der Waals surface area contributed by atoms with E-state index in [1.807, 2.05) is 18.2 Å². The molecule has 0 atom stereocenters. The smallest absolute Gasteiger partial charge is 0.343 e. The second kappa shape index (κ2) is 7.00. The lowest BCUT2D eigenvalue weighted by molar-refractivity contribution is 0.0734. The second-order valence-electron chi connectivity index (χ2n) is 7.07. The van der Waals surface area contributed by atoms with Gasteiger partial charge in [0.2, 0.25) is 0 Å². The number of hydrogen-bond acceptors (Lipinski definition) is 4. The van der Waals surface area contributed by atoms with Crippen molar-refractivity contribution in [1.82, 2.24) is 0 Å². The molecular weight excluding hydrogens is 326 g/mol. The van der Waals surface area contributed by atoms with Crippen molar-refractivity contribution in [1.29, 1.82) is 5.41 Å². The molecule has 2 aromatic carbocycles. The molecule has 26 heavy (non-hydrogen) atoms. The fourth-order valence-corrected chi connectivity index (χ4v) is 2.57. The van der Waals surface area contributed by atoms with Crippen molar-refractivity contribution in [3.63, 3.8) is 0 Å². The zero-order valence-corrected chi connectivity index (χ0v) is 15.1. The number of benzene rings is 2. The Morgan fingerprint density at radius 3 is 2.35 bits per heavy atom. The summed E-state index contributed by atoms with van der Waals surface area (Å²) in [4.78, 5) is 12.4. The number of esters is 1. The Kier molecular flexibility index (Phi) is 4.76. The van der Waals surface area contributed by atoms with E-state index >= 15 is 0 Å². The van der Waals surface area contributed by atoms with Gasteiger partial charge in [-0.3, -0.25) is 5.41 Å². The first-order valence-corrected chi connectivity index (χ1v) is 8.41. The highest BCUT2D eigenvalue weighted by molar-refractivity contribution is 6.11. The normalized spacial score (nSPS) is 11.2. The summed E-state index contributed by atoms with van der Waals surface area (Å²) < 4.78 is 11.0. The molecule has 3 rings (SSSR count). The molecule has 0 aliphatic rings. The molecule has 3 aromatic rings. The highest BCUT2D eigenvalue weighted by Gasteiger charge is 2.21. The quantitative estimate of drug-likeness (QED) is 0.400. The van der Waals surface area contributed by atoms with Crippen LogP contribution in [0.4, 0.5) is 0 Å². The standard InChI is InChI=1S/C22H21NO3/c1-22(2,3)16-11-12-18(26-21(24)15-8-5-4-6-9-15)17(14-16)20(23)19-10-7-13-25-19/h4-14,23H,1-3H3. The molecule has 0 fully saturated rings. The van der Waals surface area contributed by atoms with E-state index in [1.54, 1.807) is 42.5 Å². The van der Waals surface area contributed by atoms with Gasteiger partial charge in [0.15, 0.2) is 5.76 Å². The van der Waals surface area contributed by atoms with Gasteiger partial charge < -0.3 is 9.15 Å². The molecule has 0 aliphatic heterocycles. The summed E-state index contributed by atoms with van der Waals surface area (Å²) in [5, 5.41) is 8.49. The minimum absolute atomic E-state index is 0.0971. The third-order valence-corrected chi connectivity index (χ3v) is 4.09. The van der Waals surface area contributed by atoms with E-state index in [0.717, 1.165) is 5.56 Å². The summed E-state index contributed by atoms with van der Waals surface area (Å²) in [6.45, 7) is 6.29. The lowest BCUT2D eigenvalue weighted by Gasteiger charge is -2.21. The van der Waals surface area contributed by atoms with Gasteiger partial charge in [-0.1, -0.05) is 45.0 Å². The van der Waals surface area contributed by atoms with Crippen LogP contribution in [0.15, 0.2) is 71.3 Å². The lowest BCUT2D eigenvalue weighted by atomic mass is 9.85. The van der Waals surface area contributed by atoms with Gasteiger partial charge in [0.05, 0.1) is 11.8 Å². The number of furan rings is 1. The van der Waals surface area contributed by atoms with Gasteiger partial charge in [0.25, 0.3) is 0 Å². The molecule has 4 nitrogen and oxygen atoms in total. The molecule has 1 aromatic heterocycles. The van der Waals surface area contributed by atoms with E-state index in [0.29, 0.717) is 22.6 Å². The van der Waals surface area contributed by atoms with Crippen LogP contribution in [-0.4, -0.2) is 11.7 Å². The number of carbonyl (C=O) groups excluding carboxylic acids is 1. The molecule has 0 aliphatic carbocycles. The predicted octanol–water partition coefficient (Wildman–Crippen LogP) is 5.21. The van der Waals surface area contributed by atoms with Crippen molar-refractivity contribution in [2.45, 2.75) is 26.2 Å². The van der Waals surface area contributed by atoms with Crippen LogP contribution in [0.1, 0.15) is 48.0 Å². The SMILES string of the molecule is CC(C)(C)c1ccc(OC(=O)c2ccccc2)c(C(=N)c2ccco2)c1. The molecule has 1 N–H and O–H groups in total. The van der Waals surface area contributed by atoms with Crippen molar-refractivity contribution >= 4 is 11.7 Å². The van der Waals surface area contributed by atoms with Crippen LogP contribution in [0.5, 0.6) is 5.75 Å². The monoisotopic (exact) mass is 347 g/mol. The summed E-state index contributed by atoms with van der Waals surface area (Å²) in [5.41, 5.74) is 2.11. The third kappa shape index (κ3) is 3.75. The number of nitrogens with one attached hydrogen (secondary N) is 1. The van der Waals surface area contributed by atoms with Crippen LogP contribution in [0.25, 0.3) is 0 Å². The van der Waals surface area contributed by atoms with Crippen LogP contribution in [-0.2, 0) is 5.41 Å². The Morgan fingerprint density at radius 1 is 1.00 bits per heavy atom. The fourth-order valence-electron chi connectivity index (χ4n) is 2.57. The topological polar surface area (TPSA) is 63.3 Å². The maximum atomic E-state index is 12.4. The molecule has 132 valence electrons. The maximum Gasteiger partial charge on any atom is 0.343 e. The molecule has 1 heterocycles. The van der Waals surface area contributed by atoms with Crippen molar-refractivity contribution in [3.8, 4) is 5.75 Å². The lowest BCUT2D eigenvalue weighted by Crippen LogP contribution is -2.15. The average Bonchev–Trinajstić information content (AvgIpc) is 3.16. The van der Waals surface area contributed by atoms with Crippen molar-refractivity contribution in [2.75, 3.05) is 0 Å². The Hall–Kier alpha value is -3.14. The van der Waals surface area contributed by atoms with Crippen LogP contribution in [0.2, 0.25) is 0 Å². The van der Waals surface area contributed by atoms with E-state index in [4.69, 9.17) is 14.6 Å². The molecule has 0 bridgehead atoms. The molecule has 0 spiro atoms. The van der Waals surface area contributed by atoms with Crippen LogP contribution in [0.3, 0.4) is 0 Å². The van der Waals surface area contributed by atoms with E-state index < -0.39 is 5.97 Å². The van der Waals surface area contributed by atoms with Gasteiger partial charge in [-0.15, -0.1) is 0 Å². The minimum Gasteiger partial charge on any atom is -0.463 e. The minimum atomic E-state index is -0.456. The van der Waals surface area contributed by atoms with E-state index in [2.05, 4.69) is 20.8 Å². The average molecular weight is 347 g/mol. The number of rotatable bonds is 4. The van der Waals surface area contributed by atoms with E-state index in [9.17, 15) is 4.79 Å². The molecule has 4 heteroatoms. The maximum absolute atomic E-state index is 12.4. The van der Waals surface area contributed by atoms with Crippen molar-refractivity contribution < 1.29 is 13.9 Å². The molecular formula is C22H21NO3. The first-order chi connectivity index (χ1) is 12.4.